The molecule has 0 aliphatic rings. The normalized spacial score (nSPS) is 11.2. The first kappa shape index (κ1) is 16.1. The smallest absolute Gasteiger partial charge is 0.193 e. The van der Waals surface area contributed by atoms with Crippen LogP contribution in [0.15, 0.2) is 89.8 Å². The Labute approximate surface area is 141 Å². The first-order valence-corrected chi connectivity index (χ1v) is 9.18. The lowest BCUT2D eigenvalue weighted by Crippen LogP contribution is -2.06. The van der Waals surface area contributed by atoms with Crippen molar-refractivity contribution in [3.05, 3.63) is 102 Å². The standard InChI is InChI=1S/C20H16O3S/c21-20(17-7-3-1-4-8-17)18-13-11-16(12-14-18)15-24(22,23)19-9-5-2-6-10-19/h1-14H,15H2. The molecule has 0 N–H and O–H groups in total. The van der Waals surface area contributed by atoms with Gasteiger partial charge in [-0.25, -0.2) is 8.42 Å². The molecule has 3 aromatic rings. The van der Waals surface area contributed by atoms with Crippen LogP contribution in [0, 0.1) is 0 Å². The van der Waals surface area contributed by atoms with E-state index < -0.39 is 9.84 Å². The average Bonchev–Trinajstić information content (AvgIpc) is 2.63. The second-order valence-corrected chi connectivity index (χ2v) is 7.45. The highest BCUT2D eigenvalue weighted by molar-refractivity contribution is 7.90. The van der Waals surface area contributed by atoms with Gasteiger partial charge in [-0.3, -0.25) is 4.79 Å². The van der Waals surface area contributed by atoms with Crippen LogP contribution in [0.5, 0.6) is 0 Å². The van der Waals surface area contributed by atoms with Crippen molar-refractivity contribution in [2.24, 2.45) is 0 Å². The van der Waals surface area contributed by atoms with E-state index in [1.807, 2.05) is 18.2 Å². The second kappa shape index (κ2) is 6.81. The molecule has 0 saturated heterocycles. The summed E-state index contributed by atoms with van der Waals surface area (Å²) in [5.41, 5.74) is 1.81. The maximum Gasteiger partial charge on any atom is 0.193 e. The number of hydrogen-bond donors (Lipinski definition) is 0. The van der Waals surface area contributed by atoms with Gasteiger partial charge in [0.2, 0.25) is 0 Å². The molecule has 0 spiro atoms. The van der Waals surface area contributed by atoms with Gasteiger partial charge in [-0.1, -0.05) is 72.8 Å². The first-order chi connectivity index (χ1) is 11.6. The van der Waals surface area contributed by atoms with Crippen LogP contribution in [-0.4, -0.2) is 14.2 Å². The van der Waals surface area contributed by atoms with Crippen LogP contribution < -0.4 is 0 Å². The Hall–Kier alpha value is -2.72. The third kappa shape index (κ3) is 3.60. The van der Waals surface area contributed by atoms with Gasteiger partial charge in [-0.2, -0.15) is 0 Å². The lowest BCUT2D eigenvalue weighted by Gasteiger charge is -2.06. The van der Waals surface area contributed by atoms with Crippen LogP contribution in [0.1, 0.15) is 21.5 Å². The van der Waals surface area contributed by atoms with E-state index in [2.05, 4.69) is 0 Å². The van der Waals surface area contributed by atoms with Crippen LogP contribution >= 0.6 is 0 Å². The number of rotatable bonds is 5. The monoisotopic (exact) mass is 336 g/mol. The van der Waals surface area contributed by atoms with Crippen molar-refractivity contribution in [3.8, 4) is 0 Å². The highest BCUT2D eigenvalue weighted by atomic mass is 32.2. The molecule has 3 rings (SSSR count). The minimum absolute atomic E-state index is 0.0759. The lowest BCUT2D eigenvalue weighted by molar-refractivity contribution is 0.103. The van der Waals surface area contributed by atoms with Crippen molar-refractivity contribution in [1.82, 2.24) is 0 Å². The van der Waals surface area contributed by atoms with Gasteiger partial charge in [0.25, 0.3) is 0 Å². The number of benzene rings is 3. The number of sulfone groups is 1. The van der Waals surface area contributed by atoms with Crippen LogP contribution in [-0.2, 0) is 15.6 Å². The van der Waals surface area contributed by atoms with Gasteiger partial charge >= 0.3 is 0 Å². The van der Waals surface area contributed by atoms with Gasteiger partial charge in [0.15, 0.2) is 15.6 Å². The number of carbonyl (C=O) groups excluding carboxylic acids is 1. The minimum atomic E-state index is -3.38. The summed E-state index contributed by atoms with van der Waals surface area (Å²) in [6.45, 7) is 0. The number of hydrogen-bond acceptors (Lipinski definition) is 3. The Morgan fingerprint density at radius 2 is 1.17 bits per heavy atom. The summed E-state index contributed by atoms with van der Waals surface area (Å²) >= 11 is 0. The third-order valence-electron chi connectivity index (χ3n) is 3.71. The van der Waals surface area contributed by atoms with Gasteiger partial charge in [0.1, 0.15) is 0 Å². The van der Waals surface area contributed by atoms with E-state index in [9.17, 15) is 13.2 Å². The topological polar surface area (TPSA) is 51.2 Å². The van der Waals surface area contributed by atoms with E-state index >= 15 is 0 Å². The molecule has 120 valence electrons. The highest BCUT2D eigenvalue weighted by Gasteiger charge is 2.15. The van der Waals surface area contributed by atoms with Crippen molar-refractivity contribution >= 4 is 15.6 Å². The van der Waals surface area contributed by atoms with E-state index in [1.165, 1.54) is 0 Å². The Balaban J connectivity index is 1.79. The van der Waals surface area contributed by atoms with E-state index in [-0.39, 0.29) is 11.5 Å². The predicted octanol–water partition coefficient (Wildman–Crippen LogP) is 3.89. The Bertz CT molecular complexity index is 929. The third-order valence-corrected chi connectivity index (χ3v) is 5.41. The largest absolute Gasteiger partial charge is 0.289 e. The Morgan fingerprint density at radius 3 is 1.75 bits per heavy atom. The molecule has 0 aliphatic heterocycles. The lowest BCUT2D eigenvalue weighted by atomic mass is 10.0. The molecule has 0 bridgehead atoms. The van der Waals surface area contributed by atoms with E-state index in [1.54, 1.807) is 66.7 Å². The molecule has 0 saturated carbocycles. The molecule has 0 amide bonds. The zero-order chi connectivity index (χ0) is 17.0. The maximum atomic E-state index is 12.4. The molecule has 3 nitrogen and oxygen atoms in total. The van der Waals surface area contributed by atoms with Crippen molar-refractivity contribution < 1.29 is 13.2 Å². The average molecular weight is 336 g/mol. The van der Waals surface area contributed by atoms with Gasteiger partial charge in [0, 0.05) is 11.1 Å². The fraction of sp³-hybridized carbons (Fsp3) is 0.0500. The molecule has 4 heteroatoms. The van der Waals surface area contributed by atoms with Crippen LogP contribution in [0.25, 0.3) is 0 Å². The van der Waals surface area contributed by atoms with Crippen molar-refractivity contribution in [2.45, 2.75) is 10.6 Å². The molecular formula is C20H16O3S. The van der Waals surface area contributed by atoms with Gasteiger partial charge < -0.3 is 0 Å². The fourth-order valence-electron chi connectivity index (χ4n) is 2.44. The molecule has 3 aromatic carbocycles. The summed E-state index contributed by atoms with van der Waals surface area (Å²) in [6, 6.07) is 24.1. The summed E-state index contributed by atoms with van der Waals surface area (Å²) in [7, 11) is -3.38. The Kier molecular flexibility index (Phi) is 4.58. The SMILES string of the molecule is O=C(c1ccccc1)c1ccc(CS(=O)(=O)c2ccccc2)cc1. The number of ketones is 1. The van der Waals surface area contributed by atoms with E-state index in [4.69, 9.17) is 0 Å². The molecule has 0 unspecified atom stereocenters. The molecule has 0 atom stereocenters. The summed E-state index contributed by atoms with van der Waals surface area (Å²) in [6.07, 6.45) is 0. The zero-order valence-corrected chi connectivity index (χ0v) is 13.7. The molecule has 0 heterocycles. The molecule has 0 fully saturated rings. The molecular weight excluding hydrogens is 320 g/mol. The zero-order valence-electron chi connectivity index (χ0n) is 12.9. The van der Waals surface area contributed by atoms with Crippen LogP contribution in [0.3, 0.4) is 0 Å². The van der Waals surface area contributed by atoms with E-state index in [0.717, 1.165) is 0 Å². The van der Waals surface area contributed by atoms with Crippen LogP contribution in [0.2, 0.25) is 0 Å². The minimum Gasteiger partial charge on any atom is -0.289 e. The fourth-order valence-corrected chi connectivity index (χ4v) is 3.81. The summed E-state index contributed by atoms with van der Waals surface area (Å²) in [4.78, 5) is 12.6. The van der Waals surface area contributed by atoms with Crippen molar-refractivity contribution in [1.29, 1.82) is 0 Å². The highest BCUT2D eigenvalue weighted by Crippen LogP contribution is 2.17. The summed E-state index contributed by atoms with van der Waals surface area (Å²) in [5, 5.41) is 0. The maximum absolute atomic E-state index is 12.4. The van der Waals surface area contributed by atoms with Crippen LogP contribution in [0.4, 0.5) is 0 Å². The van der Waals surface area contributed by atoms with Gasteiger partial charge in [-0.15, -0.1) is 0 Å². The summed E-state index contributed by atoms with van der Waals surface area (Å²) in [5.74, 6) is -0.162. The predicted molar refractivity (Wildman–Crippen MR) is 93.6 cm³/mol. The molecule has 0 aliphatic carbocycles. The number of carbonyl (C=O) groups is 1. The van der Waals surface area contributed by atoms with Gasteiger partial charge in [0.05, 0.1) is 10.6 Å². The van der Waals surface area contributed by atoms with E-state index in [0.29, 0.717) is 21.6 Å². The quantitative estimate of drug-likeness (QED) is 0.664. The molecule has 0 radical (unpaired) electrons. The molecule has 0 aromatic heterocycles. The first-order valence-electron chi connectivity index (χ1n) is 7.53. The molecule has 24 heavy (non-hydrogen) atoms. The summed E-state index contributed by atoms with van der Waals surface area (Å²) < 4.78 is 24.7. The second-order valence-electron chi connectivity index (χ2n) is 5.46. The Morgan fingerprint density at radius 1 is 0.667 bits per heavy atom. The van der Waals surface area contributed by atoms with Crippen molar-refractivity contribution in [2.75, 3.05) is 0 Å². The van der Waals surface area contributed by atoms with Crippen molar-refractivity contribution in [3.63, 3.8) is 0 Å². The van der Waals surface area contributed by atoms with Gasteiger partial charge in [-0.05, 0) is 17.7 Å².